The summed E-state index contributed by atoms with van der Waals surface area (Å²) in [6.45, 7) is 6.64. The summed E-state index contributed by atoms with van der Waals surface area (Å²) in [6.07, 6.45) is 3.22. The Kier molecular flexibility index (Phi) is 5.85. The SMILES string of the molecule is Cc1nc(N2CCOCC2)nc(C)c1NC(=O)/C=C/c1ccc(Cl)cc1. The molecule has 3 rings (SSSR count). The zero-order valence-corrected chi connectivity index (χ0v) is 15.6. The fourth-order valence-electron chi connectivity index (χ4n) is 2.69. The van der Waals surface area contributed by atoms with Crippen molar-refractivity contribution in [3.63, 3.8) is 0 Å². The topological polar surface area (TPSA) is 67.3 Å². The number of benzene rings is 1. The van der Waals surface area contributed by atoms with Gasteiger partial charge in [0.1, 0.15) is 0 Å². The fourth-order valence-corrected chi connectivity index (χ4v) is 2.82. The lowest BCUT2D eigenvalue weighted by atomic mass is 10.2. The minimum Gasteiger partial charge on any atom is -0.378 e. The zero-order chi connectivity index (χ0) is 18.5. The highest BCUT2D eigenvalue weighted by molar-refractivity contribution is 6.30. The predicted molar refractivity (Wildman–Crippen MR) is 104 cm³/mol. The number of carbonyl (C=O) groups is 1. The summed E-state index contributed by atoms with van der Waals surface area (Å²) in [4.78, 5) is 23.4. The van der Waals surface area contributed by atoms with Gasteiger partial charge in [0.2, 0.25) is 11.9 Å². The Morgan fingerprint density at radius 3 is 2.38 bits per heavy atom. The number of amides is 1. The largest absolute Gasteiger partial charge is 0.378 e. The van der Waals surface area contributed by atoms with Gasteiger partial charge in [-0.15, -0.1) is 0 Å². The Labute approximate surface area is 157 Å². The third-order valence-corrected chi connectivity index (χ3v) is 4.35. The number of hydrogen-bond acceptors (Lipinski definition) is 5. The summed E-state index contributed by atoms with van der Waals surface area (Å²) in [5, 5.41) is 3.53. The molecule has 0 radical (unpaired) electrons. The van der Waals surface area contributed by atoms with E-state index >= 15 is 0 Å². The molecule has 1 aromatic carbocycles. The van der Waals surface area contributed by atoms with E-state index < -0.39 is 0 Å². The van der Waals surface area contributed by atoms with E-state index in [9.17, 15) is 4.79 Å². The molecular weight excluding hydrogens is 352 g/mol. The van der Waals surface area contributed by atoms with Gasteiger partial charge in [-0.2, -0.15) is 0 Å². The van der Waals surface area contributed by atoms with Crippen LogP contribution >= 0.6 is 11.6 Å². The number of aromatic nitrogens is 2. The molecule has 1 saturated heterocycles. The number of nitrogens with zero attached hydrogens (tertiary/aromatic N) is 3. The Morgan fingerprint density at radius 1 is 1.15 bits per heavy atom. The molecule has 1 amide bonds. The van der Waals surface area contributed by atoms with E-state index in [4.69, 9.17) is 16.3 Å². The van der Waals surface area contributed by atoms with Crippen molar-refractivity contribution in [2.45, 2.75) is 13.8 Å². The van der Waals surface area contributed by atoms with Gasteiger partial charge < -0.3 is 15.0 Å². The zero-order valence-electron chi connectivity index (χ0n) is 14.8. The van der Waals surface area contributed by atoms with E-state index in [-0.39, 0.29) is 5.91 Å². The van der Waals surface area contributed by atoms with E-state index in [0.717, 1.165) is 30.0 Å². The van der Waals surface area contributed by atoms with Gasteiger partial charge in [-0.1, -0.05) is 23.7 Å². The van der Waals surface area contributed by atoms with E-state index in [1.807, 2.05) is 26.0 Å². The van der Waals surface area contributed by atoms with Gasteiger partial charge in [0.05, 0.1) is 30.3 Å². The first-order valence-electron chi connectivity index (χ1n) is 8.45. The minimum atomic E-state index is -0.228. The number of carbonyl (C=O) groups excluding carboxylic acids is 1. The van der Waals surface area contributed by atoms with Crippen molar-refractivity contribution in [2.24, 2.45) is 0 Å². The molecule has 1 aromatic heterocycles. The van der Waals surface area contributed by atoms with Gasteiger partial charge in [-0.25, -0.2) is 9.97 Å². The molecule has 0 bridgehead atoms. The minimum absolute atomic E-state index is 0.228. The van der Waals surface area contributed by atoms with Gasteiger partial charge in [0, 0.05) is 24.2 Å². The van der Waals surface area contributed by atoms with E-state index in [1.165, 1.54) is 6.08 Å². The quantitative estimate of drug-likeness (QED) is 0.834. The van der Waals surface area contributed by atoms with Crippen LogP contribution in [-0.4, -0.2) is 42.2 Å². The monoisotopic (exact) mass is 372 g/mol. The molecule has 0 aliphatic carbocycles. The van der Waals surface area contributed by atoms with Crippen LogP contribution in [0, 0.1) is 13.8 Å². The lowest BCUT2D eigenvalue weighted by Gasteiger charge is -2.27. The summed E-state index contributed by atoms with van der Waals surface area (Å²) >= 11 is 5.86. The lowest BCUT2D eigenvalue weighted by Crippen LogP contribution is -2.37. The van der Waals surface area contributed by atoms with Crippen LogP contribution in [0.5, 0.6) is 0 Å². The molecule has 0 saturated carbocycles. The first kappa shape index (κ1) is 18.4. The predicted octanol–water partition coefficient (Wildman–Crippen LogP) is 3.24. The standard InChI is InChI=1S/C19H21ClN4O2/c1-13-18(14(2)22-19(21-13)24-9-11-26-12-10-24)23-17(25)8-5-15-3-6-16(20)7-4-15/h3-8H,9-12H2,1-2H3,(H,23,25)/b8-5+. The molecule has 1 aliphatic rings. The lowest BCUT2D eigenvalue weighted by molar-refractivity contribution is -0.111. The van der Waals surface area contributed by atoms with Crippen LogP contribution in [0.25, 0.3) is 6.08 Å². The van der Waals surface area contributed by atoms with Crippen molar-refractivity contribution in [1.82, 2.24) is 9.97 Å². The first-order valence-corrected chi connectivity index (χ1v) is 8.83. The molecule has 6 nitrogen and oxygen atoms in total. The van der Waals surface area contributed by atoms with Gasteiger partial charge in [-0.05, 0) is 37.6 Å². The number of hydrogen-bond donors (Lipinski definition) is 1. The molecule has 1 N–H and O–H groups in total. The maximum atomic E-state index is 12.2. The highest BCUT2D eigenvalue weighted by Gasteiger charge is 2.17. The Balaban J connectivity index is 1.70. The number of aryl methyl sites for hydroxylation is 2. The van der Waals surface area contributed by atoms with E-state index in [1.54, 1.807) is 18.2 Å². The van der Waals surface area contributed by atoms with Crippen LogP contribution in [0.4, 0.5) is 11.6 Å². The highest BCUT2D eigenvalue weighted by Crippen LogP contribution is 2.21. The molecule has 0 atom stereocenters. The maximum absolute atomic E-state index is 12.2. The van der Waals surface area contributed by atoms with Gasteiger partial charge in [-0.3, -0.25) is 4.79 Å². The number of nitrogens with one attached hydrogen (secondary N) is 1. The van der Waals surface area contributed by atoms with E-state index in [2.05, 4.69) is 20.2 Å². The number of morpholine rings is 1. The number of halogens is 1. The molecule has 1 aliphatic heterocycles. The van der Waals surface area contributed by atoms with Crippen molar-refractivity contribution in [3.8, 4) is 0 Å². The molecule has 26 heavy (non-hydrogen) atoms. The fraction of sp³-hybridized carbons (Fsp3) is 0.316. The van der Waals surface area contributed by atoms with Crippen LogP contribution in [0.15, 0.2) is 30.3 Å². The van der Waals surface area contributed by atoms with Crippen molar-refractivity contribution in [2.75, 3.05) is 36.5 Å². The Morgan fingerprint density at radius 2 is 1.77 bits per heavy atom. The van der Waals surface area contributed by atoms with Crippen LogP contribution < -0.4 is 10.2 Å². The van der Waals surface area contributed by atoms with Crippen molar-refractivity contribution >= 4 is 35.2 Å². The van der Waals surface area contributed by atoms with Gasteiger partial charge in [0.25, 0.3) is 0 Å². The molecule has 1 fully saturated rings. The maximum Gasteiger partial charge on any atom is 0.248 e. The third-order valence-electron chi connectivity index (χ3n) is 4.10. The summed E-state index contributed by atoms with van der Waals surface area (Å²) in [5.41, 5.74) is 3.03. The smallest absolute Gasteiger partial charge is 0.248 e. The summed E-state index contributed by atoms with van der Waals surface area (Å²) < 4.78 is 5.36. The average molecular weight is 373 g/mol. The van der Waals surface area contributed by atoms with Crippen LogP contribution in [0.2, 0.25) is 5.02 Å². The third kappa shape index (κ3) is 4.59. The molecule has 0 spiro atoms. The average Bonchev–Trinajstić information content (AvgIpc) is 2.65. The normalized spacial score (nSPS) is 14.7. The molecular formula is C19H21ClN4O2. The second-order valence-electron chi connectivity index (χ2n) is 6.04. The van der Waals surface area contributed by atoms with Crippen molar-refractivity contribution in [3.05, 3.63) is 52.3 Å². The second-order valence-corrected chi connectivity index (χ2v) is 6.48. The highest BCUT2D eigenvalue weighted by atomic mass is 35.5. The summed E-state index contributed by atoms with van der Waals surface area (Å²) in [6, 6.07) is 7.27. The summed E-state index contributed by atoms with van der Waals surface area (Å²) in [7, 11) is 0. The van der Waals surface area contributed by atoms with Crippen molar-refractivity contribution in [1.29, 1.82) is 0 Å². The molecule has 2 aromatic rings. The molecule has 7 heteroatoms. The van der Waals surface area contributed by atoms with Crippen molar-refractivity contribution < 1.29 is 9.53 Å². The molecule has 0 unspecified atom stereocenters. The number of rotatable bonds is 4. The van der Waals surface area contributed by atoms with Crippen LogP contribution in [-0.2, 0) is 9.53 Å². The molecule has 2 heterocycles. The van der Waals surface area contributed by atoms with Crippen LogP contribution in [0.3, 0.4) is 0 Å². The van der Waals surface area contributed by atoms with Crippen LogP contribution in [0.1, 0.15) is 17.0 Å². The Bertz CT molecular complexity index is 792. The number of ether oxygens (including phenoxy) is 1. The number of anilines is 2. The van der Waals surface area contributed by atoms with Gasteiger partial charge >= 0.3 is 0 Å². The van der Waals surface area contributed by atoms with Gasteiger partial charge in [0.15, 0.2) is 0 Å². The second kappa shape index (κ2) is 8.29. The first-order chi connectivity index (χ1) is 12.5. The molecule has 136 valence electrons. The van der Waals surface area contributed by atoms with E-state index in [0.29, 0.717) is 29.9 Å². The summed E-state index contributed by atoms with van der Waals surface area (Å²) in [5.74, 6) is 0.451. The Hall–Kier alpha value is -2.44.